The van der Waals surface area contributed by atoms with Gasteiger partial charge in [-0.2, -0.15) is 0 Å². The van der Waals surface area contributed by atoms with Crippen molar-refractivity contribution in [1.82, 2.24) is 15.3 Å². The molecule has 0 aliphatic carbocycles. The average molecular weight is 249 g/mol. The Morgan fingerprint density at radius 2 is 2.22 bits per heavy atom. The molecular formula is C12H19N5O. The van der Waals surface area contributed by atoms with Gasteiger partial charge in [-0.1, -0.05) is 6.92 Å². The largest absolute Gasteiger partial charge is 0.373 e. The normalized spacial score (nSPS) is 19.2. The lowest BCUT2D eigenvalue weighted by molar-refractivity contribution is -0.122. The summed E-state index contributed by atoms with van der Waals surface area (Å²) in [5, 5.41) is 9.22. The van der Waals surface area contributed by atoms with Crippen molar-refractivity contribution in [3.05, 3.63) is 11.9 Å². The second-order valence-corrected chi connectivity index (χ2v) is 4.34. The smallest absolute Gasteiger partial charge is 0.220 e. The number of aryl methyl sites for hydroxylation is 1. The Hall–Kier alpha value is -1.85. The van der Waals surface area contributed by atoms with Crippen molar-refractivity contribution < 1.29 is 4.79 Å². The van der Waals surface area contributed by atoms with Gasteiger partial charge in [-0.3, -0.25) is 4.79 Å². The van der Waals surface area contributed by atoms with Gasteiger partial charge in [0.15, 0.2) is 0 Å². The average Bonchev–Trinajstić information content (AvgIpc) is 2.41. The van der Waals surface area contributed by atoms with E-state index in [4.69, 9.17) is 0 Å². The Bertz CT molecular complexity index is 402. The Kier molecular flexibility index (Phi) is 3.96. The summed E-state index contributed by atoms with van der Waals surface area (Å²) in [7, 11) is 1.84. The molecule has 2 heterocycles. The number of aromatic nitrogens is 2. The molecule has 3 N–H and O–H groups in total. The second-order valence-electron chi connectivity index (χ2n) is 4.34. The number of carbonyl (C=O) groups excluding carboxylic acids is 1. The number of nitrogens with one attached hydrogen (secondary N) is 3. The van der Waals surface area contributed by atoms with Gasteiger partial charge in [0, 0.05) is 38.5 Å². The quantitative estimate of drug-likeness (QED) is 0.734. The molecule has 0 bridgehead atoms. The molecule has 98 valence electrons. The molecule has 1 aromatic heterocycles. The first kappa shape index (κ1) is 12.6. The van der Waals surface area contributed by atoms with Gasteiger partial charge >= 0.3 is 0 Å². The van der Waals surface area contributed by atoms with Crippen LogP contribution >= 0.6 is 0 Å². The molecule has 0 spiro atoms. The number of nitrogens with zero attached hydrogens (tertiary/aromatic N) is 2. The third-order valence-electron chi connectivity index (χ3n) is 2.96. The first-order valence-corrected chi connectivity index (χ1v) is 6.30. The van der Waals surface area contributed by atoms with Gasteiger partial charge in [-0.05, 0) is 6.42 Å². The summed E-state index contributed by atoms with van der Waals surface area (Å²) in [5.74, 6) is 2.56. The highest BCUT2D eigenvalue weighted by Gasteiger charge is 2.18. The number of carbonyl (C=O) groups is 1. The van der Waals surface area contributed by atoms with Crippen molar-refractivity contribution in [3.8, 4) is 0 Å². The van der Waals surface area contributed by atoms with Gasteiger partial charge in [-0.25, -0.2) is 9.97 Å². The molecule has 1 aliphatic rings. The highest BCUT2D eigenvalue weighted by molar-refractivity contribution is 5.77. The van der Waals surface area contributed by atoms with Crippen molar-refractivity contribution in [2.45, 2.75) is 32.2 Å². The maximum Gasteiger partial charge on any atom is 0.220 e. The van der Waals surface area contributed by atoms with Crippen molar-refractivity contribution >= 4 is 17.5 Å². The van der Waals surface area contributed by atoms with E-state index < -0.39 is 0 Å². The molecule has 0 aromatic carbocycles. The molecule has 6 nitrogen and oxygen atoms in total. The summed E-state index contributed by atoms with van der Waals surface area (Å²) < 4.78 is 0. The predicted molar refractivity (Wildman–Crippen MR) is 70.6 cm³/mol. The van der Waals surface area contributed by atoms with Crippen LogP contribution in [-0.2, 0) is 11.2 Å². The Labute approximate surface area is 107 Å². The minimum atomic E-state index is 0.126. The van der Waals surface area contributed by atoms with E-state index in [0.717, 1.165) is 30.3 Å². The maximum atomic E-state index is 11.1. The molecule has 18 heavy (non-hydrogen) atoms. The molecule has 0 saturated carbocycles. The number of hydrogen-bond donors (Lipinski definition) is 3. The zero-order chi connectivity index (χ0) is 13.0. The van der Waals surface area contributed by atoms with Crippen LogP contribution in [0.2, 0.25) is 0 Å². The van der Waals surface area contributed by atoms with Crippen molar-refractivity contribution in [1.29, 1.82) is 0 Å². The van der Waals surface area contributed by atoms with Crippen LogP contribution < -0.4 is 16.0 Å². The van der Waals surface area contributed by atoms with Crippen LogP contribution in [0.3, 0.4) is 0 Å². The Morgan fingerprint density at radius 3 is 2.83 bits per heavy atom. The molecule has 2 rings (SSSR count). The lowest BCUT2D eigenvalue weighted by atomic mass is 10.1. The van der Waals surface area contributed by atoms with Gasteiger partial charge in [-0.15, -0.1) is 0 Å². The van der Waals surface area contributed by atoms with E-state index in [1.54, 1.807) is 0 Å². The fourth-order valence-electron chi connectivity index (χ4n) is 1.92. The van der Waals surface area contributed by atoms with E-state index in [2.05, 4.69) is 25.9 Å². The molecule has 1 aliphatic heterocycles. The van der Waals surface area contributed by atoms with E-state index in [1.165, 1.54) is 0 Å². The fraction of sp³-hybridized carbons (Fsp3) is 0.583. The van der Waals surface area contributed by atoms with E-state index >= 15 is 0 Å². The van der Waals surface area contributed by atoms with Gasteiger partial charge in [0.05, 0.1) is 0 Å². The molecule has 1 aromatic rings. The minimum absolute atomic E-state index is 0.126. The lowest BCUT2D eigenvalue weighted by Crippen LogP contribution is -2.42. The van der Waals surface area contributed by atoms with E-state index in [9.17, 15) is 4.79 Å². The summed E-state index contributed by atoms with van der Waals surface area (Å²) >= 11 is 0. The summed E-state index contributed by atoms with van der Waals surface area (Å²) in [6.45, 7) is 2.68. The van der Waals surface area contributed by atoms with Gasteiger partial charge in [0.2, 0.25) is 5.91 Å². The van der Waals surface area contributed by atoms with Crippen molar-refractivity contribution in [2.24, 2.45) is 0 Å². The maximum absolute atomic E-state index is 11.1. The Balaban J connectivity index is 2.06. The second kappa shape index (κ2) is 5.66. The molecule has 1 saturated heterocycles. The zero-order valence-electron chi connectivity index (χ0n) is 10.8. The molecule has 1 amide bonds. The van der Waals surface area contributed by atoms with Crippen LogP contribution in [0.25, 0.3) is 0 Å². The van der Waals surface area contributed by atoms with Crippen LogP contribution in [-0.4, -0.2) is 35.5 Å². The summed E-state index contributed by atoms with van der Waals surface area (Å²) in [6, 6.07) is 2.13. The third kappa shape index (κ3) is 3.09. The summed E-state index contributed by atoms with van der Waals surface area (Å²) in [6.07, 6.45) is 2.21. The molecule has 1 unspecified atom stereocenters. The lowest BCUT2D eigenvalue weighted by Gasteiger charge is -2.24. The van der Waals surface area contributed by atoms with E-state index in [1.807, 2.05) is 20.0 Å². The predicted octanol–water partition coefficient (Wildman–Crippen LogP) is 0.771. The van der Waals surface area contributed by atoms with Crippen LogP contribution in [0.4, 0.5) is 11.6 Å². The minimum Gasteiger partial charge on any atom is -0.373 e. The zero-order valence-corrected chi connectivity index (χ0v) is 10.8. The molecule has 1 atom stereocenters. The first-order valence-electron chi connectivity index (χ1n) is 6.30. The van der Waals surface area contributed by atoms with Gasteiger partial charge in [0.1, 0.15) is 17.5 Å². The number of rotatable bonds is 4. The van der Waals surface area contributed by atoms with Crippen molar-refractivity contribution in [2.75, 3.05) is 24.2 Å². The topological polar surface area (TPSA) is 78.9 Å². The monoisotopic (exact) mass is 249 g/mol. The highest BCUT2D eigenvalue weighted by Crippen LogP contribution is 2.14. The van der Waals surface area contributed by atoms with E-state index in [-0.39, 0.29) is 11.9 Å². The van der Waals surface area contributed by atoms with Gasteiger partial charge in [0.25, 0.3) is 0 Å². The fourth-order valence-corrected chi connectivity index (χ4v) is 1.92. The first-order chi connectivity index (χ1) is 8.71. The third-order valence-corrected chi connectivity index (χ3v) is 2.96. The molecule has 1 fully saturated rings. The number of amides is 1. The molecule has 6 heteroatoms. The van der Waals surface area contributed by atoms with Crippen LogP contribution in [0.1, 0.15) is 25.6 Å². The molecular weight excluding hydrogens is 230 g/mol. The highest BCUT2D eigenvalue weighted by atomic mass is 16.1. The number of hydrogen-bond acceptors (Lipinski definition) is 5. The number of anilines is 2. The summed E-state index contributed by atoms with van der Waals surface area (Å²) in [4.78, 5) is 19.9. The van der Waals surface area contributed by atoms with Crippen molar-refractivity contribution in [3.63, 3.8) is 0 Å². The SMILES string of the molecule is CCc1nc(NC)cc(NC2CCC(=O)NC2)n1. The standard InChI is InChI=1S/C12H19N5O/c1-3-9-16-10(13-2)6-11(17-9)15-8-4-5-12(18)14-7-8/h6,8H,3-5,7H2,1-2H3,(H,14,18)(H2,13,15,16,17). The van der Waals surface area contributed by atoms with Crippen LogP contribution in [0.5, 0.6) is 0 Å². The van der Waals surface area contributed by atoms with E-state index in [0.29, 0.717) is 13.0 Å². The number of piperidine rings is 1. The molecule has 0 radical (unpaired) electrons. The summed E-state index contributed by atoms with van der Waals surface area (Å²) in [5.41, 5.74) is 0. The van der Waals surface area contributed by atoms with Crippen LogP contribution in [0, 0.1) is 0 Å². The van der Waals surface area contributed by atoms with Crippen LogP contribution in [0.15, 0.2) is 6.07 Å². The van der Waals surface area contributed by atoms with Gasteiger partial charge < -0.3 is 16.0 Å². The Morgan fingerprint density at radius 1 is 1.44 bits per heavy atom.